The SMILES string of the molecule is c1ccc(-c2cccc(-c3ccc4c(c3)sc3c(-c5cc(CC6CCCC6)ccn5)cccc34)c2)cc1. The Kier molecular flexibility index (Phi) is 5.83. The fraction of sp³-hybridized carbons (Fsp3) is 0.171. The average Bonchev–Trinajstić information content (AvgIpc) is 3.61. The molecule has 2 aromatic heterocycles. The van der Waals surface area contributed by atoms with Gasteiger partial charge in [-0.2, -0.15) is 0 Å². The van der Waals surface area contributed by atoms with Crippen molar-refractivity contribution in [1.29, 1.82) is 0 Å². The van der Waals surface area contributed by atoms with E-state index < -0.39 is 0 Å². The highest BCUT2D eigenvalue weighted by molar-refractivity contribution is 7.26. The van der Waals surface area contributed by atoms with Gasteiger partial charge >= 0.3 is 0 Å². The maximum atomic E-state index is 4.81. The molecule has 7 rings (SSSR count). The molecule has 1 aliphatic carbocycles. The lowest BCUT2D eigenvalue weighted by Gasteiger charge is -2.10. The lowest BCUT2D eigenvalue weighted by atomic mass is 9.97. The molecule has 1 aliphatic rings. The fourth-order valence-corrected chi connectivity index (χ4v) is 7.25. The van der Waals surface area contributed by atoms with Crippen LogP contribution in [0.4, 0.5) is 0 Å². The van der Waals surface area contributed by atoms with Crippen molar-refractivity contribution in [1.82, 2.24) is 4.98 Å². The number of fused-ring (bicyclic) bond motifs is 3. The summed E-state index contributed by atoms with van der Waals surface area (Å²) in [5, 5.41) is 2.65. The van der Waals surface area contributed by atoms with Crippen LogP contribution in [0.1, 0.15) is 31.2 Å². The minimum atomic E-state index is 0.842. The second-order valence-electron chi connectivity index (χ2n) is 10.3. The molecule has 0 saturated heterocycles. The van der Waals surface area contributed by atoms with Crippen molar-refractivity contribution in [3.05, 3.63) is 115 Å². The van der Waals surface area contributed by atoms with Crippen LogP contribution in [-0.2, 0) is 6.42 Å². The molecule has 4 aromatic carbocycles. The molecule has 6 aromatic rings. The van der Waals surface area contributed by atoms with Gasteiger partial charge in [0, 0.05) is 31.9 Å². The van der Waals surface area contributed by atoms with E-state index in [1.807, 2.05) is 17.5 Å². The van der Waals surface area contributed by atoms with Crippen molar-refractivity contribution < 1.29 is 0 Å². The standard InChI is InChI=1S/C35H29NS/c1-2-10-26(11-3-1)27-12-6-13-28(22-27)29-16-17-30-31-14-7-15-32(35(31)37-34(30)23-29)33-21-25(18-19-36-33)20-24-8-4-5-9-24/h1-3,6-7,10-19,21-24H,4-5,8-9,20H2. The van der Waals surface area contributed by atoms with Crippen LogP contribution in [0.25, 0.3) is 53.7 Å². The van der Waals surface area contributed by atoms with Gasteiger partial charge in [0.05, 0.1) is 5.69 Å². The minimum Gasteiger partial charge on any atom is -0.256 e. The van der Waals surface area contributed by atoms with E-state index in [4.69, 9.17) is 4.98 Å². The van der Waals surface area contributed by atoms with Crippen molar-refractivity contribution in [3.63, 3.8) is 0 Å². The van der Waals surface area contributed by atoms with E-state index >= 15 is 0 Å². The number of hydrogen-bond acceptors (Lipinski definition) is 2. The number of rotatable bonds is 5. The van der Waals surface area contributed by atoms with Crippen molar-refractivity contribution in [2.24, 2.45) is 5.92 Å². The molecule has 0 amide bonds. The predicted octanol–water partition coefficient (Wildman–Crippen LogP) is 10.2. The maximum Gasteiger partial charge on any atom is 0.0719 e. The Morgan fingerprint density at radius 1 is 0.649 bits per heavy atom. The summed E-state index contributed by atoms with van der Waals surface area (Å²) < 4.78 is 2.66. The summed E-state index contributed by atoms with van der Waals surface area (Å²) in [6, 6.07) is 37.6. The van der Waals surface area contributed by atoms with Gasteiger partial charge in [-0.25, -0.2) is 0 Å². The Morgan fingerprint density at radius 2 is 1.41 bits per heavy atom. The van der Waals surface area contributed by atoms with E-state index in [0.717, 1.165) is 11.6 Å². The van der Waals surface area contributed by atoms with E-state index in [1.165, 1.54) is 85.7 Å². The molecule has 0 radical (unpaired) electrons. The second-order valence-corrected chi connectivity index (χ2v) is 11.4. The number of aromatic nitrogens is 1. The molecular weight excluding hydrogens is 466 g/mol. The van der Waals surface area contributed by atoms with Crippen LogP contribution < -0.4 is 0 Å². The Bertz CT molecular complexity index is 1710. The number of pyridine rings is 1. The van der Waals surface area contributed by atoms with Gasteiger partial charge in [0.15, 0.2) is 0 Å². The quantitative estimate of drug-likeness (QED) is 0.232. The zero-order chi connectivity index (χ0) is 24.6. The fourth-order valence-electron chi connectivity index (χ4n) is 5.98. The van der Waals surface area contributed by atoms with E-state index in [1.54, 1.807) is 0 Å². The minimum absolute atomic E-state index is 0.842. The Balaban J connectivity index is 1.28. The average molecular weight is 496 g/mol. The smallest absolute Gasteiger partial charge is 0.0719 e. The zero-order valence-electron chi connectivity index (χ0n) is 20.9. The van der Waals surface area contributed by atoms with E-state index in [9.17, 15) is 0 Å². The molecule has 0 spiro atoms. The first kappa shape index (κ1) is 22.4. The van der Waals surface area contributed by atoms with Gasteiger partial charge in [0.2, 0.25) is 0 Å². The summed E-state index contributed by atoms with van der Waals surface area (Å²) in [6.45, 7) is 0. The molecule has 2 heteroatoms. The summed E-state index contributed by atoms with van der Waals surface area (Å²) in [6.07, 6.45) is 8.72. The first-order valence-electron chi connectivity index (χ1n) is 13.4. The highest BCUT2D eigenvalue weighted by Crippen LogP contribution is 2.41. The van der Waals surface area contributed by atoms with Gasteiger partial charge in [-0.05, 0) is 64.4 Å². The van der Waals surface area contributed by atoms with Crippen LogP contribution in [0, 0.1) is 5.92 Å². The second kappa shape index (κ2) is 9.61. The zero-order valence-corrected chi connectivity index (χ0v) is 21.7. The third-order valence-corrected chi connectivity index (χ3v) is 9.10. The van der Waals surface area contributed by atoms with Gasteiger partial charge in [0.25, 0.3) is 0 Å². The Morgan fingerprint density at radius 3 is 2.27 bits per heavy atom. The van der Waals surface area contributed by atoms with Gasteiger partial charge in [0.1, 0.15) is 0 Å². The highest BCUT2D eigenvalue weighted by atomic mass is 32.1. The first-order valence-corrected chi connectivity index (χ1v) is 14.2. The van der Waals surface area contributed by atoms with Crippen LogP contribution in [0.15, 0.2) is 109 Å². The van der Waals surface area contributed by atoms with Gasteiger partial charge in [-0.3, -0.25) is 4.98 Å². The van der Waals surface area contributed by atoms with Crippen molar-refractivity contribution >= 4 is 31.5 Å². The molecule has 2 heterocycles. The van der Waals surface area contributed by atoms with Crippen LogP contribution in [0.5, 0.6) is 0 Å². The molecule has 0 aliphatic heterocycles. The first-order chi connectivity index (χ1) is 18.3. The summed E-state index contributed by atoms with van der Waals surface area (Å²) in [5.41, 5.74) is 8.79. The Labute approximate surface area is 222 Å². The van der Waals surface area contributed by atoms with Crippen LogP contribution in [0.3, 0.4) is 0 Å². The van der Waals surface area contributed by atoms with Crippen LogP contribution in [0.2, 0.25) is 0 Å². The number of benzene rings is 4. The lowest BCUT2D eigenvalue weighted by molar-refractivity contribution is 0.546. The molecule has 1 saturated carbocycles. The van der Waals surface area contributed by atoms with E-state index in [0.29, 0.717) is 0 Å². The molecule has 0 bridgehead atoms. The largest absolute Gasteiger partial charge is 0.256 e. The third kappa shape index (κ3) is 4.36. The predicted molar refractivity (Wildman–Crippen MR) is 159 cm³/mol. The summed E-state index contributed by atoms with van der Waals surface area (Å²) in [5.74, 6) is 0.842. The van der Waals surface area contributed by atoms with Crippen molar-refractivity contribution in [3.8, 4) is 33.5 Å². The summed E-state index contributed by atoms with van der Waals surface area (Å²) in [4.78, 5) is 4.81. The van der Waals surface area contributed by atoms with Crippen LogP contribution >= 0.6 is 11.3 Å². The van der Waals surface area contributed by atoms with E-state index in [2.05, 4.69) is 103 Å². The van der Waals surface area contributed by atoms with E-state index in [-0.39, 0.29) is 0 Å². The molecule has 0 atom stereocenters. The number of hydrogen-bond donors (Lipinski definition) is 0. The third-order valence-electron chi connectivity index (χ3n) is 7.90. The van der Waals surface area contributed by atoms with Crippen molar-refractivity contribution in [2.45, 2.75) is 32.1 Å². The molecule has 1 nitrogen and oxygen atoms in total. The van der Waals surface area contributed by atoms with Crippen LogP contribution in [-0.4, -0.2) is 4.98 Å². The molecule has 37 heavy (non-hydrogen) atoms. The molecule has 0 N–H and O–H groups in total. The highest BCUT2D eigenvalue weighted by Gasteiger charge is 2.17. The molecule has 0 unspecified atom stereocenters. The molecule has 180 valence electrons. The summed E-state index contributed by atoms with van der Waals surface area (Å²) >= 11 is 1.89. The van der Waals surface area contributed by atoms with Gasteiger partial charge in [-0.1, -0.05) is 105 Å². The number of thiophene rings is 1. The summed E-state index contributed by atoms with van der Waals surface area (Å²) in [7, 11) is 0. The maximum absolute atomic E-state index is 4.81. The monoisotopic (exact) mass is 495 g/mol. The van der Waals surface area contributed by atoms with Crippen molar-refractivity contribution in [2.75, 3.05) is 0 Å². The lowest BCUT2D eigenvalue weighted by Crippen LogP contribution is -1.99. The molecule has 1 fully saturated rings. The normalized spacial score (nSPS) is 14.1. The number of nitrogens with zero attached hydrogens (tertiary/aromatic N) is 1. The molecular formula is C35H29NS. The topological polar surface area (TPSA) is 12.9 Å². The van der Waals surface area contributed by atoms with Gasteiger partial charge < -0.3 is 0 Å². The van der Waals surface area contributed by atoms with Gasteiger partial charge in [-0.15, -0.1) is 11.3 Å². The Hall–Kier alpha value is -3.75.